The van der Waals surface area contributed by atoms with Gasteiger partial charge in [0.1, 0.15) is 18.3 Å². The monoisotopic (exact) mass is 448 g/mol. The fourth-order valence-corrected chi connectivity index (χ4v) is 5.23. The van der Waals surface area contributed by atoms with Gasteiger partial charge in [-0.2, -0.15) is 14.7 Å². The first-order valence-corrected chi connectivity index (χ1v) is 11.6. The van der Waals surface area contributed by atoms with Crippen molar-refractivity contribution in [1.29, 1.82) is 5.26 Å². The Morgan fingerprint density at radius 3 is 2.63 bits per heavy atom. The van der Waals surface area contributed by atoms with Crippen molar-refractivity contribution in [1.82, 2.24) is 19.7 Å². The molecule has 1 unspecified atom stereocenters. The van der Waals surface area contributed by atoms with Gasteiger partial charge in [-0.3, -0.25) is 14.3 Å². The van der Waals surface area contributed by atoms with Gasteiger partial charge in [-0.05, 0) is 31.4 Å². The van der Waals surface area contributed by atoms with Crippen LogP contribution in [-0.4, -0.2) is 60.3 Å². The number of carbonyl (C=O) groups is 2. The number of halogens is 1. The summed E-state index contributed by atoms with van der Waals surface area (Å²) in [6.45, 7) is 2.41. The highest BCUT2D eigenvalue weighted by Gasteiger charge is 2.30. The topological polar surface area (TPSA) is 121 Å². The number of amides is 2. The van der Waals surface area contributed by atoms with Crippen LogP contribution in [0.4, 0.5) is 0 Å². The minimum atomic E-state index is -2.77. The van der Waals surface area contributed by atoms with E-state index < -0.39 is 15.6 Å². The van der Waals surface area contributed by atoms with Crippen molar-refractivity contribution in [3.05, 3.63) is 46.5 Å². The molecule has 0 aliphatic carbocycles. The van der Waals surface area contributed by atoms with E-state index in [0.29, 0.717) is 47.8 Å². The number of piperidine rings is 1. The molecular weight excluding hydrogens is 428 g/mol. The van der Waals surface area contributed by atoms with Gasteiger partial charge in [0.05, 0.1) is 26.5 Å². The van der Waals surface area contributed by atoms with Crippen molar-refractivity contribution in [2.75, 3.05) is 19.3 Å². The third kappa shape index (κ3) is 5.04. The summed E-state index contributed by atoms with van der Waals surface area (Å²) in [5.41, 5.74) is 1.35. The van der Waals surface area contributed by atoms with Crippen LogP contribution in [0.5, 0.6) is 0 Å². The van der Waals surface area contributed by atoms with Gasteiger partial charge in [0.2, 0.25) is 0 Å². The summed E-state index contributed by atoms with van der Waals surface area (Å²) >= 11 is 5.77. The highest BCUT2D eigenvalue weighted by Crippen LogP contribution is 2.21. The average Bonchev–Trinajstić information content (AvgIpc) is 3.11. The Bertz CT molecular complexity index is 1140. The summed E-state index contributed by atoms with van der Waals surface area (Å²) in [4.78, 5) is 30.7. The summed E-state index contributed by atoms with van der Waals surface area (Å²) < 4.78 is 18.3. The maximum Gasteiger partial charge on any atom is 0.275 e. The largest absolute Gasteiger partial charge is 0.337 e. The lowest BCUT2D eigenvalue weighted by Gasteiger charge is -2.32. The number of carbonyl (C=O) groups excluding carboxylic acids is 2. The number of nitriles is 1. The van der Waals surface area contributed by atoms with E-state index in [1.807, 2.05) is 6.07 Å². The van der Waals surface area contributed by atoms with Crippen LogP contribution in [0.1, 0.15) is 34.5 Å². The summed E-state index contributed by atoms with van der Waals surface area (Å²) in [5, 5.41) is 13.0. The summed E-state index contributed by atoms with van der Waals surface area (Å²) in [6, 6.07) is 3.63. The smallest absolute Gasteiger partial charge is 0.275 e. The predicted molar refractivity (Wildman–Crippen MR) is 111 cm³/mol. The standard InChI is InChI=1S/C19H21ClN6O3S/c1-13-7-14(8-21)9-22-18(13)19(28)25-5-3-16(4-6-25)30(2,29)24-17(27)12-26-11-15(20)10-23-26/h7,9-11,16H,3-6,12H2,1-2H3. The molecule has 11 heteroatoms. The molecular formula is C19H21ClN6O3S. The number of rotatable bonds is 4. The molecule has 1 aliphatic heterocycles. The molecule has 0 N–H and O–H groups in total. The Morgan fingerprint density at radius 1 is 1.37 bits per heavy atom. The Kier molecular flexibility index (Phi) is 6.53. The average molecular weight is 449 g/mol. The molecule has 1 aliphatic rings. The Morgan fingerprint density at radius 2 is 2.07 bits per heavy atom. The molecule has 2 aromatic rings. The highest BCUT2D eigenvalue weighted by atomic mass is 35.5. The molecule has 1 fully saturated rings. The fraction of sp³-hybridized carbons (Fsp3) is 0.421. The number of pyridine rings is 1. The molecule has 30 heavy (non-hydrogen) atoms. The van der Waals surface area contributed by atoms with Gasteiger partial charge in [0.25, 0.3) is 11.8 Å². The van der Waals surface area contributed by atoms with Gasteiger partial charge in [-0.25, -0.2) is 9.19 Å². The van der Waals surface area contributed by atoms with E-state index in [-0.39, 0.29) is 17.7 Å². The molecule has 158 valence electrons. The molecule has 9 nitrogen and oxygen atoms in total. The van der Waals surface area contributed by atoms with Crippen LogP contribution < -0.4 is 0 Å². The number of aryl methyl sites for hydroxylation is 1. The lowest BCUT2D eigenvalue weighted by molar-refractivity contribution is -0.118. The number of hydrogen-bond donors (Lipinski definition) is 0. The second-order valence-corrected chi connectivity index (χ2v) is 10.2. The molecule has 0 bridgehead atoms. The van der Waals surface area contributed by atoms with Crippen LogP contribution in [0, 0.1) is 18.3 Å². The first-order valence-electron chi connectivity index (χ1n) is 9.27. The van der Waals surface area contributed by atoms with E-state index in [1.54, 1.807) is 17.9 Å². The van der Waals surface area contributed by atoms with Crippen molar-refractivity contribution in [3.8, 4) is 6.07 Å². The van der Waals surface area contributed by atoms with Gasteiger partial charge < -0.3 is 4.90 Å². The van der Waals surface area contributed by atoms with Crippen molar-refractivity contribution < 1.29 is 13.8 Å². The van der Waals surface area contributed by atoms with Gasteiger partial charge in [0.15, 0.2) is 0 Å². The summed E-state index contributed by atoms with van der Waals surface area (Å²) in [6.07, 6.45) is 6.71. The van der Waals surface area contributed by atoms with Crippen LogP contribution in [0.2, 0.25) is 5.02 Å². The van der Waals surface area contributed by atoms with Gasteiger partial charge in [-0.15, -0.1) is 0 Å². The van der Waals surface area contributed by atoms with Gasteiger partial charge in [0, 0.05) is 37.0 Å². The van der Waals surface area contributed by atoms with E-state index in [9.17, 15) is 13.8 Å². The molecule has 0 radical (unpaired) electrons. The Hall–Kier alpha value is -2.77. The zero-order chi connectivity index (χ0) is 21.9. The van der Waals surface area contributed by atoms with Crippen molar-refractivity contribution in [2.24, 2.45) is 4.36 Å². The molecule has 3 rings (SSSR count). The van der Waals surface area contributed by atoms with Gasteiger partial charge in [-0.1, -0.05) is 11.6 Å². The molecule has 0 spiro atoms. The van der Waals surface area contributed by atoms with E-state index >= 15 is 0 Å². The third-order valence-corrected chi connectivity index (χ3v) is 7.41. The second-order valence-electron chi connectivity index (χ2n) is 7.20. The molecule has 0 saturated carbocycles. The zero-order valence-corrected chi connectivity index (χ0v) is 18.2. The lowest BCUT2D eigenvalue weighted by atomic mass is 10.1. The van der Waals surface area contributed by atoms with Crippen LogP contribution in [0.25, 0.3) is 0 Å². The normalized spacial score (nSPS) is 16.5. The first-order chi connectivity index (χ1) is 14.2. The first kappa shape index (κ1) is 21.9. The van der Waals surface area contributed by atoms with Crippen molar-refractivity contribution in [3.63, 3.8) is 0 Å². The molecule has 3 heterocycles. The van der Waals surface area contributed by atoms with Crippen LogP contribution >= 0.6 is 11.6 Å². The number of nitrogens with zero attached hydrogens (tertiary/aromatic N) is 6. The van der Waals surface area contributed by atoms with E-state index in [2.05, 4.69) is 14.4 Å². The zero-order valence-electron chi connectivity index (χ0n) is 16.6. The Labute approximate surface area is 179 Å². The van der Waals surface area contributed by atoms with Crippen molar-refractivity contribution >= 4 is 33.1 Å². The maximum absolute atomic E-state index is 13.0. The fourth-order valence-electron chi connectivity index (χ4n) is 3.37. The Balaban J connectivity index is 1.64. The molecule has 1 saturated heterocycles. The molecule has 1 atom stereocenters. The van der Waals surface area contributed by atoms with Crippen molar-refractivity contribution in [2.45, 2.75) is 31.6 Å². The van der Waals surface area contributed by atoms with Crippen LogP contribution in [0.15, 0.2) is 29.0 Å². The lowest BCUT2D eigenvalue weighted by Crippen LogP contribution is -2.42. The summed E-state index contributed by atoms with van der Waals surface area (Å²) in [5.74, 6) is -0.750. The molecule has 2 aromatic heterocycles. The van der Waals surface area contributed by atoms with E-state index in [1.165, 1.54) is 29.5 Å². The SMILES string of the molecule is Cc1cc(C#N)cnc1C(=O)N1CCC(S(C)(=O)=NC(=O)Cn2cc(Cl)cn2)CC1. The molecule has 0 aromatic carbocycles. The minimum Gasteiger partial charge on any atom is -0.337 e. The predicted octanol–water partition coefficient (Wildman–Crippen LogP) is 2.04. The van der Waals surface area contributed by atoms with Gasteiger partial charge >= 0.3 is 0 Å². The highest BCUT2D eigenvalue weighted by molar-refractivity contribution is 7.93. The van der Waals surface area contributed by atoms with Crippen LogP contribution in [0.3, 0.4) is 0 Å². The maximum atomic E-state index is 13.0. The number of hydrogen-bond acceptors (Lipinski definition) is 6. The summed E-state index contributed by atoms with van der Waals surface area (Å²) in [7, 11) is -2.77. The van der Waals surface area contributed by atoms with E-state index in [4.69, 9.17) is 16.9 Å². The number of likely N-dealkylation sites (tertiary alicyclic amines) is 1. The number of aromatic nitrogens is 3. The second kappa shape index (κ2) is 8.93. The molecule has 2 amide bonds. The quantitative estimate of drug-likeness (QED) is 0.705. The minimum absolute atomic E-state index is 0.126. The third-order valence-electron chi connectivity index (χ3n) is 4.94. The van der Waals surface area contributed by atoms with Crippen LogP contribution in [-0.2, 0) is 21.1 Å². The van der Waals surface area contributed by atoms with E-state index in [0.717, 1.165) is 0 Å².